The number of carboxylic acid groups (broad SMARTS) is 1. The number of aliphatic carboxylic acids is 1. The van der Waals surface area contributed by atoms with Gasteiger partial charge in [-0.1, -0.05) is 31.4 Å². The van der Waals surface area contributed by atoms with Crippen molar-refractivity contribution < 1.29 is 19.4 Å². The Balaban J connectivity index is 1.72. The van der Waals surface area contributed by atoms with Crippen LogP contribution in [0.1, 0.15) is 37.7 Å². The first-order chi connectivity index (χ1) is 10.2. The van der Waals surface area contributed by atoms with Crippen LogP contribution in [-0.4, -0.2) is 30.4 Å². The summed E-state index contributed by atoms with van der Waals surface area (Å²) in [6, 6.07) is 7.36. The van der Waals surface area contributed by atoms with Gasteiger partial charge in [0, 0.05) is 6.08 Å². The van der Waals surface area contributed by atoms with E-state index in [0.717, 1.165) is 30.2 Å². The molecule has 1 aliphatic rings. The lowest BCUT2D eigenvalue weighted by molar-refractivity contribution is -0.131. The van der Waals surface area contributed by atoms with Crippen molar-refractivity contribution in [2.45, 2.75) is 38.2 Å². The third-order valence-electron chi connectivity index (χ3n) is 3.53. The Morgan fingerprint density at radius 1 is 1.24 bits per heavy atom. The number of benzene rings is 1. The van der Waals surface area contributed by atoms with Gasteiger partial charge < -0.3 is 14.6 Å². The van der Waals surface area contributed by atoms with Crippen LogP contribution in [0.4, 0.5) is 0 Å². The summed E-state index contributed by atoms with van der Waals surface area (Å²) in [6.07, 6.45) is 9.25. The summed E-state index contributed by atoms with van der Waals surface area (Å²) < 4.78 is 11.4. The maximum atomic E-state index is 10.5. The molecule has 1 aliphatic carbocycles. The third-order valence-corrected chi connectivity index (χ3v) is 3.53. The summed E-state index contributed by atoms with van der Waals surface area (Å²) in [6.45, 7) is 1.11. The largest absolute Gasteiger partial charge is 0.491 e. The summed E-state index contributed by atoms with van der Waals surface area (Å²) in [5.74, 6) is -0.225. The standard InChI is InChI=1S/C17H22O4/c18-17(19)10-9-14-5-4-8-16(13-14)21-12-11-20-15-6-2-1-3-7-15/h4-5,8-10,13,15H,1-3,6-7,11-12H2,(H,18,19). The summed E-state index contributed by atoms with van der Waals surface area (Å²) in [5, 5.41) is 8.61. The Morgan fingerprint density at radius 3 is 2.81 bits per heavy atom. The van der Waals surface area contributed by atoms with Gasteiger partial charge >= 0.3 is 5.97 Å². The van der Waals surface area contributed by atoms with Crippen LogP contribution in [0, 0.1) is 0 Å². The predicted molar refractivity (Wildman–Crippen MR) is 81.4 cm³/mol. The van der Waals surface area contributed by atoms with Crippen molar-refractivity contribution in [3.05, 3.63) is 35.9 Å². The predicted octanol–water partition coefficient (Wildman–Crippen LogP) is 3.51. The smallest absolute Gasteiger partial charge is 0.328 e. The molecule has 0 aromatic heterocycles. The molecule has 0 amide bonds. The topological polar surface area (TPSA) is 55.8 Å². The molecule has 4 nitrogen and oxygen atoms in total. The monoisotopic (exact) mass is 290 g/mol. The van der Waals surface area contributed by atoms with E-state index in [1.165, 1.54) is 19.3 Å². The van der Waals surface area contributed by atoms with Gasteiger partial charge in [0.05, 0.1) is 12.7 Å². The fraction of sp³-hybridized carbons (Fsp3) is 0.471. The number of carboxylic acids is 1. The fourth-order valence-electron chi connectivity index (χ4n) is 2.48. The highest BCUT2D eigenvalue weighted by molar-refractivity contribution is 5.85. The van der Waals surface area contributed by atoms with Gasteiger partial charge in [-0.3, -0.25) is 0 Å². The van der Waals surface area contributed by atoms with Crippen molar-refractivity contribution in [3.63, 3.8) is 0 Å². The third kappa shape index (κ3) is 6.00. The second kappa shape index (κ2) is 8.47. The quantitative estimate of drug-likeness (QED) is 0.616. The van der Waals surface area contributed by atoms with Gasteiger partial charge in [-0.05, 0) is 36.6 Å². The van der Waals surface area contributed by atoms with Crippen molar-refractivity contribution in [1.82, 2.24) is 0 Å². The molecule has 0 heterocycles. The van der Waals surface area contributed by atoms with E-state index in [1.54, 1.807) is 6.08 Å². The SMILES string of the molecule is O=C(O)C=Cc1cccc(OCCOC2CCCCC2)c1. The second-order valence-electron chi connectivity index (χ2n) is 5.22. The van der Waals surface area contributed by atoms with Crippen LogP contribution in [0.5, 0.6) is 5.75 Å². The Hall–Kier alpha value is -1.81. The van der Waals surface area contributed by atoms with Gasteiger partial charge in [0.1, 0.15) is 12.4 Å². The molecule has 1 fully saturated rings. The number of hydrogen-bond acceptors (Lipinski definition) is 3. The van der Waals surface area contributed by atoms with Gasteiger partial charge in [0.15, 0.2) is 0 Å². The fourth-order valence-corrected chi connectivity index (χ4v) is 2.48. The zero-order valence-electron chi connectivity index (χ0n) is 12.2. The highest BCUT2D eigenvalue weighted by atomic mass is 16.5. The highest BCUT2D eigenvalue weighted by Gasteiger charge is 2.13. The lowest BCUT2D eigenvalue weighted by Crippen LogP contribution is -2.19. The van der Waals surface area contributed by atoms with E-state index in [1.807, 2.05) is 24.3 Å². The number of carbonyl (C=O) groups is 1. The van der Waals surface area contributed by atoms with E-state index in [2.05, 4.69) is 0 Å². The van der Waals surface area contributed by atoms with Crippen molar-refractivity contribution in [1.29, 1.82) is 0 Å². The molecule has 0 radical (unpaired) electrons. The molecule has 0 bridgehead atoms. The van der Waals surface area contributed by atoms with Crippen LogP contribution >= 0.6 is 0 Å². The Morgan fingerprint density at radius 2 is 2.05 bits per heavy atom. The molecule has 114 valence electrons. The summed E-state index contributed by atoms with van der Waals surface area (Å²) in [5.41, 5.74) is 0.808. The molecular weight excluding hydrogens is 268 g/mol. The first-order valence-corrected chi connectivity index (χ1v) is 7.49. The van der Waals surface area contributed by atoms with Crippen LogP contribution < -0.4 is 4.74 Å². The summed E-state index contributed by atoms with van der Waals surface area (Å²) in [7, 11) is 0. The Kier molecular flexibility index (Phi) is 6.28. The van der Waals surface area contributed by atoms with Gasteiger partial charge in [-0.25, -0.2) is 4.79 Å². The normalized spacial score (nSPS) is 16.2. The molecule has 0 aliphatic heterocycles. The van der Waals surface area contributed by atoms with Crippen LogP contribution in [0.3, 0.4) is 0 Å². The number of hydrogen-bond donors (Lipinski definition) is 1. The van der Waals surface area contributed by atoms with Crippen LogP contribution in [0.2, 0.25) is 0 Å². The van der Waals surface area contributed by atoms with Crippen LogP contribution in [0.25, 0.3) is 6.08 Å². The molecule has 1 N–H and O–H groups in total. The molecule has 1 saturated carbocycles. The Bertz CT molecular complexity index is 475. The van der Waals surface area contributed by atoms with Gasteiger partial charge in [-0.2, -0.15) is 0 Å². The van der Waals surface area contributed by atoms with E-state index in [0.29, 0.717) is 19.3 Å². The zero-order chi connectivity index (χ0) is 14.9. The minimum absolute atomic E-state index is 0.396. The van der Waals surface area contributed by atoms with E-state index in [4.69, 9.17) is 14.6 Å². The van der Waals surface area contributed by atoms with Crippen molar-refractivity contribution in [3.8, 4) is 5.75 Å². The molecule has 2 rings (SSSR count). The van der Waals surface area contributed by atoms with Gasteiger partial charge in [0.25, 0.3) is 0 Å². The molecule has 0 spiro atoms. The molecule has 0 atom stereocenters. The van der Waals surface area contributed by atoms with E-state index in [-0.39, 0.29) is 0 Å². The second-order valence-corrected chi connectivity index (χ2v) is 5.22. The number of rotatable bonds is 7. The molecule has 1 aromatic carbocycles. The average molecular weight is 290 g/mol. The minimum Gasteiger partial charge on any atom is -0.491 e. The maximum absolute atomic E-state index is 10.5. The first kappa shape index (κ1) is 15.6. The molecular formula is C17H22O4. The van der Waals surface area contributed by atoms with Gasteiger partial charge in [0.2, 0.25) is 0 Å². The molecule has 0 saturated heterocycles. The molecule has 4 heteroatoms. The Labute approximate surface area is 125 Å². The maximum Gasteiger partial charge on any atom is 0.328 e. The van der Waals surface area contributed by atoms with E-state index < -0.39 is 5.97 Å². The molecule has 1 aromatic rings. The molecule has 0 unspecified atom stereocenters. The van der Waals surface area contributed by atoms with Crippen LogP contribution in [0.15, 0.2) is 30.3 Å². The lowest BCUT2D eigenvalue weighted by Gasteiger charge is -2.21. The minimum atomic E-state index is -0.956. The van der Waals surface area contributed by atoms with E-state index in [9.17, 15) is 4.79 Å². The average Bonchev–Trinajstić information content (AvgIpc) is 2.51. The summed E-state index contributed by atoms with van der Waals surface area (Å²) in [4.78, 5) is 10.5. The molecule has 21 heavy (non-hydrogen) atoms. The van der Waals surface area contributed by atoms with Gasteiger partial charge in [-0.15, -0.1) is 0 Å². The van der Waals surface area contributed by atoms with Crippen LogP contribution in [-0.2, 0) is 9.53 Å². The van der Waals surface area contributed by atoms with Crippen molar-refractivity contribution in [2.75, 3.05) is 13.2 Å². The van der Waals surface area contributed by atoms with Crippen molar-refractivity contribution >= 4 is 12.0 Å². The number of ether oxygens (including phenoxy) is 2. The van der Waals surface area contributed by atoms with Crippen molar-refractivity contribution in [2.24, 2.45) is 0 Å². The zero-order valence-corrected chi connectivity index (χ0v) is 12.2. The highest BCUT2D eigenvalue weighted by Crippen LogP contribution is 2.20. The summed E-state index contributed by atoms with van der Waals surface area (Å²) >= 11 is 0. The lowest BCUT2D eigenvalue weighted by atomic mass is 9.98. The van der Waals surface area contributed by atoms with E-state index >= 15 is 0 Å². The first-order valence-electron chi connectivity index (χ1n) is 7.49.